The summed E-state index contributed by atoms with van der Waals surface area (Å²) in [5.41, 5.74) is 6.22. The molecule has 154 valence electrons. The van der Waals surface area contributed by atoms with Gasteiger partial charge in [-0.1, -0.05) is 111 Å². The molecule has 1 aliphatic heterocycles. The van der Waals surface area contributed by atoms with E-state index in [0.717, 1.165) is 12.8 Å². The highest BCUT2D eigenvalue weighted by Crippen LogP contribution is 2.29. The summed E-state index contributed by atoms with van der Waals surface area (Å²) in [6.45, 7) is 6.88. The Bertz CT molecular complexity index is 339. The van der Waals surface area contributed by atoms with Crippen LogP contribution >= 0.6 is 0 Å². The topological polar surface area (TPSA) is 39.7 Å². The lowest BCUT2D eigenvalue weighted by atomic mass is 9.86. The van der Waals surface area contributed by atoms with Crippen LogP contribution in [0.4, 0.5) is 0 Å². The molecule has 4 heteroatoms. The third-order valence-electron chi connectivity index (χ3n) is 6.23. The summed E-state index contributed by atoms with van der Waals surface area (Å²) in [7, 11) is 0. The molecular weight excluding hydrogens is 320 g/mol. The third-order valence-corrected chi connectivity index (χ3v) is 6.23. The number of hydrogen-bond donors (Lipinski definition) is 2. The van der Waals surface area contributed by atoms with E-state index >= 15 is 0 Å². The zero-order valence-corrected chi connectivity index (χ0v) is 18.0. The zero-order chi connectivity index (χ0) is 18.9. The van der Waals surface area contributed by atoms with Crippen LogP contribution in [0, 0.1) is 0 Å². The van der Waals surface area contributed by atoms with E-state index in [1.165, 1.54) is 96.3 Å². The molecule has 0 aromatic heterocycles. The molecule has 0 saturated heterocycles. The van der Waals surface area contributed by atoms with Gasteiger partial charge in [0.05, 0.1) is 5.54 Å². The normalized spacial score (nSPS) is 14.2. The summed E-state index contributed by atoms with van der Waals surface area (Å²) in [6, 6.07) is 0. The van der Waals surface area contributed by atoms with Gasteiger partial charge in [0, 0.05) is 0 Å². The fourth-order valence-electron chi connectivity index (χ4n) is 4.15. The average molecular weight is 367 g/mol. The number of hydrazone groups is 1. The second-order valence-corrected chi connectivity index (χ2v) is 8.12. The van der Waals surface area contributed by atoms with Crippen molar-refractivity contribution < 1.29 is 0 Å². The molecule has 1 rings (SSSR count). The van der Waals surface area contributed by atoms with Crippen molar-refractivity contribution in [2.24, 2.45) is 5.10 Å². The Morgan fingerprint density at radius 2 is 1.15 bits per heavy atom. The van der Waals surface area contributed by atoms with E-state index < -0.39 is 0 Å². The van der Waals surface area contributed by atoms with Crippen LogP contribution in [0.25, 0.3) is 0 Å². The standard InChI is InChI=1S/C22H46N4/c1-4-7-8-9-10-11-12-13-14-15-16-17-18-19-20-22(5-2,6-3)26-21-23-24-25-26/h21,24-25H,4-20H2,1-3H3. The van der Waals surface area contributed by atoms with Crippen molar-refractivity contribution in [1.29, 1.82) is 0 Å². The maximum atomic E-state index is 4.08. The summed E-state index contributed by atoms with van der Waals surface area (Å²) >= 11 is 0. The van der Waals surface area contributed by atoms with Gasteiger partial charge in [-0.25, -0.2) is 5.53 Å². The van der Waals surface area contributed by atoms with Crippen LogP contribution in [0.1, 0.15) is 130 Å². The van der Waals surface area contributed by atoms with Crippen LogP contribution in [0.3, 0.4) is 0 Å². The lowest BCUT2D eigenvalue weighted by Gasteiger charge is -2.39. The number of hydrogen-bond acceptors (Lipinski definition) is 4. The van der Waals surface area contributed by atoms with Crippen molar-refractivity contribution in [2.75, 3.05) is 0 Å². The Morgan fingerprint density at radius 3 is 1.54 bits per heavy atom. The minimum atomic E-state index is 0.212. The first-order valence-electron chi connectivity index (χ1n) is 11.6. The highest BCUT2D eigenvalue weighted by atomic mass is 15.8. The molecule has 0 aromatic rings. The Kier molecular flexibility index (Phi) is 13.7. The van der Waals surface area contributed by atoms with E-state index in [9.17, 15) is 0 Å². The van der Waals surface area contributed by atoms with Gasteiger partial charge in [0.2, 0.25) is 0 Å². The van der Waals surface area contributed by atoms with Crippen LogP contribution < -0.4 is 11.1 Å². The fourth-order valence-corrected chi connectivity index (χ4v) is 4.15. The molecular formula is C22H46N4. The second kappa shape index (κ2) is 15.3. The number of unbranched alkanes of at least 4 members (excludes halogenated alkanes) is 13. The fraction of sp³-hybridized carbons (Fsp3) is 0.955. The Hall–Kier alpha value is -0.770. The smallest absolute Gasteiger partial charge is 0.129 e. The summed E-state index contributed by atoms with van der Waals surface area (Å²) in [4.78, 5) is 0. The summed E-state index contributed by atoms with van der Waals surface area (Å²) in [5, 5.41) is 6.26. The molecule has 0 aliphatic carbocycles. The molecule has 1 aliphatic rings. The quantitative estimate of drug-likeness (QED) is 0.266. The van der Waals surface area contributed by atoms with Crippen LogP contribution in [0.15, 0.2) is 5.10 Å². The van der Waals surface area contributed by atoms with Crippen LogP contribution in [-0.4, -0.2) is 16.9 Å². The first-order valence-corrected chi connectivity index (χ1v) is 11.6. The van der Waals surface area contributed by atoms with E-state index in [4.69, 9.17) is 0 Å². The monoisotopic (exact) mass is 366 g/mol. The van der Waals surface area contributed by atoms with Gasteiger partial charge in [-0.05, 0) is 19.3 Å². The van der Waals surface area contributed by atoms with Gasteiger partial charge in [-0.15, -0.1) is 5.53 Å². The number of hydrazine groups is 2. The molecule has 4 nitrogen and oxygen atoms in total. The lowest BCUT2D eigenvalue weighted by Crippen LogP contribution is -2.53. The van der Waals surface area contributed by atoms with Crippen molar-refractivity contribution in [3.8, 4) is 0 Å². The maximum Gasteiger partial charge on any atom is 0.129 e. The van der Waals surface area contributed by atoms with Crippen molar-refractivity contribution in [3.05, 3.63) is 0 Å². The molecule has 26 heavy (non-hydrogen) atoms. The van der Waals surface area contributed by atoms with Gasteiger partial charge in [0.15, 0.2) is 0 Å². The minimum Gasteiger partial charge on any atom is -0.271 e. The molecule has 1 heterocycles. The SMILES string of the molecule is CCCCCCCCCCCCCCCCC(CC)(CC)N1C=NNN1. The lowest BCUT2D eigenvalue weighted by molar-refractivity contribution is 0.0928. The molecule has 0 spiro atoms. The van der Waals surface area contributed by atoms with E-state index in [1.54, 1.807) is 0 Å². The maximum absolute atomic E-state index is 4.08. The van der Waals surface area contributed by atoms with Gasteiger partial charge >= 0.3 is 0 Å². The predicted molar refractivity (Wildman–Crippen MR) is 115 cm³/mol. The van der Waals surface area contributed by atoms with Crippen molar-refractivity contribution in [3.63, 3.8) is 0 Å². The van der Waals surface area contributed by atoms with Crippen molar-refractivity contribution >= 4 is 6.34 Å². The van der Waals surface area contributed by atoms with Crippen LogP contribution in [0.5, 0.6) is 0 Å². The molecule has 0 radical (unpaired) electrons. The zero-order valence-electron chi connectivity index (χ0n) is 18.0. The summed E-state index contributed by atoms with van der Waals surface area (Å²) in [6.07, 6.45) is 25.4. The van der Waals surface area contributed by atoms with E-state index in [-0.39, 0.29) is 5.54 Å². The second-order valence-electron chi connectivity index (χ2n) is 8.12. The van der Waals surface area contributed by atoms with Crippen molar-refractivity contribution in [2.45, 2.75) is 135 Å². The first kappa shape index (κ1) is 23.3. The molecule has 0 amide bonds. The highest BCUT2D eigenvalue weighted by molar-refractivity contribution is 5.56. The summed E-state index contributed by atoms with van der Waals surface area (Å²) in [5.74, 6) is 0. The average Bonchev–Trinajstić information content (AvgIpc) is 3.21. The van der Waals surface area contributed by atoms with E-state index in [2.05, 4.69) is 42.0 Å². The van der Waals surface area contributed by atoms with Gasteiger partial charge in [-0.2, -0.15) is 5.10 Å². The van der Waals surface area contributed by atoms with E-state index in [0.29, 0.717) is 0 Å². The number of rotatable bonds is 18. The van der Waals surface area contributed by atoms with Gasteiger partial charge in [0.25, 0.3) is 0 Å². The Balaban J connectivity index is 1.93. The van der Waals surface area contributed by atoms with Crippen LogP contribution in [-0.2, 0) is 0 Å². The predicted octanol–water partition coefficient (Wildman–Crippen LogP) is 6.68. The third kappa shape index (κ3) is 9.25. The number of nitrogens with zero attached hydrogens (tertiary/aromatic N) is 2. The van der Waals surface area contributed by atoms with Gasteiger partial charge in [-0.3, -0.25) is 5.01 Å². The van der Waals surface area contributed by atoms with Crippen LogP contribution in [0.2, 0.25) is 0 Å². The highest BCUT2D eigenvalue weighted by Gasteiger charge is 2.33. The van der Waals surface area contributed by atoms with Gasteiger partial charge in [0.1, 0.15) is 6.34 Å². The number of nitrogens with one attached hydrogen (secondary N) is 2. The Labute approximate surface area is 163 Å². The summed E-state index contributed by atoms with van der Waals surface area (Å²) < 4.78 is 0. The molecule has 0 saturated carbocycles. The largest absolute Gasteiger partial charge is 0.271 e. The molecule has 0 fully saturated rings. The molecule has 0 atom stereocenters. The molecule has 0 bridgehead atoms. The minimum absolute atomic E-state index is 0.212. The molecule has 0 aromatic carbocycles. The van der Waals surface area contributed by atoms with Crippen molar-refractivity contribution in [1.82, 2.24) is 16.1 Å². The molecule has 2 N–H and O–H groups in total. The first-order chi connectivity index (χ1) is 12.8. The van der Waals surface area contributed by atoms with E-state index in [1.807, 2.05) is 6.34 Å². The molecule has 0 unspecified atom stereocenters. The Morgan fingerprint density at radius 1 is 0.692 bits per heavy atom. The van der Waals surface area contributed by atoms with Gasteiger partial charge < -0.3 is 0 Å².